The van der Waals surface area contributed by atoms with E-state index in [2.05, 4.69) is 10.6 Å². The Morgan fingerprint density at radius 3 is 2.22 bits per heavy atom. The summed E-state index contributed by atoms with van der Waals surface area (Å²) in [6.45, 7) is 1.99. The van der Waals surface area contributed by atoms with Gasteiger partial charge in [-0.3, -0.25) is 14.4 Å². The Hall–Kier alpha value is -3.35. The quantitative estimate of drug-likeness (QED) is 0.533. The summed E-state index contributed by atoms with van der Waals surface area (Å²) in [7, 11) is 0. The van der Waals surface area contributed by atoms with Crippen LogP contribution in [0, 0.1) is 0 Å². The van der Waals surface area contributed by atoms with Crippen LogP contribution in [0.2, 0.25) is 0 Å². The summed E-state index contributed by atoms with van der Waals surface area (Å²) >= 11 is 0. The highest BCUT2D eigenvalue weighted by atomic mass is 16.2. The van der Waals surface area contributed by atoms with Gasteiger partial charge in [-0.15, -0.1) is 0 Å². The zero-order chi connectivity index (χ0) is 19.8. The lowest BCUT2D eigenvalue weighted by Crippen LogP contribution is -2.44. The second kappa shape index (κ2) is 9.38. The van der Waals surface area contributed by atoms with E-state index in [-0.39, 0.29) is 5.56 Å². The molecule has 7 heteroatoms. The SMILES string of the molecule is CCCCC(NC(=O)c1ccccc1NC(=O)c1ccccc1N)C(N)=O. The minimum Gasteiger partial charge on any atom is -0.398 e. The largest absolute Gasteiger partial charge is 0.398 e. The number of carbonyl (C=O) groups is 3. The number of hydrogen-bond acceptors (Lipinski definition) is 4. The lowest BCUT2D eigenvalue weighted by Gasteiger charge is -2.17. The van der Waals surface area contributed by atoms with Crippen LogP contribution in [0.5, 0.6) is 0 Å². The van der Waals surface area contributed by atoms with Gasteiger partial charge in [-0.1, -0.05) is 44.0 Å². The maximum atomic E-state index is 12.6. The van der Waals surface area contributed by atoms with Gasteiger partial charge < -0.3 is 22.1 Å². The van der Waals surface area contributed by atoms with E-state index in [1.807, 2.05) is 6.92 Å². The van der Waals surface area contributed by atoms with Gasteiger partial charge in [-0.25, -0.2) is 0 Å². The number of para-hydroxylation sites is 2. The first-order chi connectivity index (χ1) is 12.9. The maximum Gasteiger partial charge on any atom is 0.257 e. The molecule has 0 bridgehead atoms. The summed E-state index contributed by atoms with van der Waals surface area (Å²) in [6, 6.07) is 12.4. The van der Waals surface area contributed by atoms with E-state index in [0.717, 1.165) is 12.8 Å². The van der Waals surface area contributed by atoms with Crippen molar-refractivity contribution in [2.24, 2.45) is 5.73 Å². The van der Waals surface area contributed by atoms with E-state index in [4.69, 9.17) is 11.5 Å². The van der Waals surface area contributed by atoms with Crippen molar-refractivity contribution in [1.29, 1.82) is 0 Å². The van der Waals surface area contributed by atoms with E-state index in [9.17, 15) is 14.4 Å². The fourth-order valence-corrected chi connectivity index (χ4v) is 2.61. The van der Waals surface area contributed by atoms with Gasteiger partial charge in [0.2, 0.25) is 5.91 Å². The summed E-state index contributed by atoms with van der Waals surface area (Å²) < 4.78 is 0. The Morgan fingerprint density at radius 1 is 0.963 bits per heavy atom. The smallest absolute Gasteiger partial charge is 0.257 e. The van der Waals surface area contributed by atoms with E-state index in [0.29, 0.717) is 23.4 Å². The van der Waals surface area contributed by atoms with E-state index < -0.39 is 23.8 Å². The van der Waals surface area contributed by atoms with E-state index in [1.54, 1.807) is 48.5 Å². The Labute approximate surface area is 158 Å². The van der Waals surface area contributed by atoms with Crippen molar-refractivity contribution in [3.05, 3.63) is 59.7 Å². The predicted octanol–water partition coefficient (Wildman–Crippen LogP) is 2.29. The Bertz CT molecular complexity index is 835. The zero-order valence-electron chi connectivity index (χ0n) is 15.2. The van der Waals surface area contributed by atoms with E-state index >= 15 is 0 Å². The number of nitrogens with two attached hydrogens (primary N) is 2. The number of carbonyl (C=O) groups excluding carboxylic acids is 3. The number of nitrogen functional groups attached to an aromatic ring is 1. The third kappa shape index (κ3) is 5.31. The van der Waals surface area contributed by atoms with Crippen LogP contribution in [0.15, 0.2) is 48.5 Å². The highest BCUT2D eigenvalue weighted by Crippen LogP contribution is 2.19. The molecule has 3 amide bonds. The number of unbranched alkanes of at least 4 members (excludes halogenated alkanes) is 1. The first-order valence-corrected chi connectivity index (χ1v) is 8.79. The van der Waals surface area contributed by atoms with Gasteiger partial charge in [-0.2, -0.15) is 0 Å². The van der Waals surface area contributed by atoms with Gasteiger partial charge >= 0.3 is 0 Å². The maximum absolute atomic E-state index is 12.6. The van der Waals surface area contributed by atoms with Crippen LogP contribution in [0.3, 0.4) is 0 Å². The molecule has 2 aromatic carbocycles. The van der Waals surface area contributed by atoms with Crippen LogP contribution in [0.4, 0.5) is 11.4 Å². The number of rotatable bonds is 8. The van der Waals surface area contributed by atoms with Gasteiger partial charge in [0.1, 0.15) is 6.04 Å². The average Bonchev–Trinajstić information content (AvgIpc) is 2.65. The molecule has 0 radical (unpaired) electrons. The van der Waals surface area contributed by atoms with Crippen LogP contribution in [0.1, 0.15) is 46.9 Å². The van der Waals surface area contributed by atoms with Crippen molar-refractivity contribution < 1.29 is 14.4 Å². The number of hydrogen-bond donors (Lipinski definition) is 4. The highest BCUT2D eigenvalue weighted by molar-refractivity contribution is 6.11. The molecule has 2 aromatic rings. The minimum atomic E-state index is -0.758. The summed E-state index contributed by atoms with van der Waals surface area (Å²) in [4.78, 5) is 36.7. The Morgan fingerprint density at radius 2 is 1.59 bits per heavy atom. The third-order valence-electron chi connectivity index (χ3n) is 4.12. The van der Waals surface area contributed by atoms with Crippen molar-refractivity contribution in [2.45, 2.75) is 32.2 Å². The molecule has 6 N–H and O–H groups in total. The molecule has 1 atom stereocenters. The molecule has 7 nitrogen and oxygen atoms in total. The van der Waals surface area contributed by atoms with Gasteiger partial charge in [0.25, 0.3) is 11.8 Å². The third-order valence-corrected chi connectivity index (χ3v) is 4.12. The molecule has 0 heterocycles. The van der Waals surface area contributed by atoms with Crippen molar-refractivity contribution in [2.75, 3.05) is 11.1 Å². The highest BCUT2D eigenvalue weighted by Gasteiger charge is 2.21. The topological polar surface area (TPSA) is 127 Å². The number of anilines is 2. The van der Waals surface area contributed by atoms with Crippen LogP contribution in [-0.2, 0) is 4.79 Å². The van der Waals surface area contributed by atoms with Gasteiger partial charge in [0.05, 0.1) is 16.8 Å². The lowest BCUT2D eigenvalue weighted by molar-refractivity contribution is -0.120. The predicted molar refractivity (Wildman–Crippen MR) is 105 cm³/mol. The molecule has 1 unspecified atom stereocenters. The summed E-state index contributed by atoms with van der Waals surface area (Å²) in [5.41, 5.74) is 12.4. The van der Waals surface area contributed by atoms with Crippen LogP contribution < -0.4 is 22.1 Å². The average molecular weight is 368 g/mol. The molecular weight excluding hydrogens is 344 g/mol. The molecule has 0 aliphatic heterocycles. The molecule has 0 aliphatic rings. The Balaban J connectivity index is 2.19. The molecule has 0 spiro atoms. The molecular formula is C20H24N4O3. The summed E-state index contributed by atoms with van der Waals surface area (Å²) in [5.74, 6) is -1.49. The molecule has 0 aromatic heterocycles. The summed E-state index contributed by atoms with van der Waals surface area (Å²) in [5, 5.41) is 5.34. The number of nitrogens with one attached hydrogen (secondary N) is 2. The Kier molecular flexibility index (Phi) is 6.93. The fourth-order valence-electron chi connectivity index (χ4n) is 2.61. The van der Waals surface area contributed by atoms with Crippen LogP contribution in [-0.4, -0.2) is 23.8 Å². The number of benzene rings is 2. The fraction of sp³-hybridized carbons (Fsp3) is 0.250. The second-order valence-electron chi connectivity index (χ2n) is 6.16. The monoisotopic (exact) mass is 368 g/mol. The molecule has 2 rings (SSSR count). The van der Waals surface area contributed by atoms with Crippen molar-refractivity contribution in [1.82, 2.24) is 5.32 Å². The number of amides is 3. The standard InChI is InChI=1S/C20H24N4O3/c1-2-3-11-17(18(22)25)24-20(27)14-9-5-7-12-16(14)23-19(26)13-8-4-6-10-15(13)21/h4-10,12,17H,2-3,11,21H2,1H3,(H2,22,25)(H,23,26)(H,24,27). The molecule has 142 valence electrons. The first-order valence-electron chi connectivity index (χ1n) is 8.79. The zero-order valence-corrected chi connectivity index (χ0v) is 15.2. The van der Waals surface area contributed by atoms with Gasteiger partial charge in [-0.05, 0) is 30.7 Å². The lowest BCUT2D eigenvalue weighted by atomic mass is 10.1. The van der Waals surface area contributed by atoms with E-state index in [1.165, 1.54) is 0 Å². The molecule has 27 heavy (non-hydrogen) atoms. The second-order valence-corrected chi connectivity index (χ2v) is 6.16. The van der Waals surface area contributed by atoms with Gasteiger partial charge in [0.15, 0.2) is 0 Å². The van der Waals surface area contributed by atoms with Crippen molar-refractivity contribution in [3.8, 4) is 0 Å². The van der Waals surface area contributed by atoms with Gasteiger partial charge in [0, 0.05) is 5.69 Å². The summed E-state index contributed by atoms with van der Waals surface area (Å²) in [6.07, 6.45) is 2.11. The van der Waals surface area contributed by atoms with Crippen LogP contribution in [0.25, 0.3) is 0 Å². The van der Waals surface area contributed by atoms with Crippen molar-refractivity contribution >= 4 is 29.1 Å². The number of primary amides is 1. The molecule has 0 aliphatic carbocycles. The first kappa shape index (κ1) is 20.0. The molecule has 0 saturated heterocycles. The normalized spacial score (nSPS) is 11.4. The molecule has 0 fully saturated rings. The molecule has 0 saturated carbocycles. The minimum absolute atomic E-state index is 0.239. The van der Waals surface area contributed by atoms with Crippen molar-refractivity contribution in [3.63, 3.8) is 0 Å². The van der Waals surface area contributed by atoms with Crippen LogP contribution >= 0.6 is 0 Å².